The molecule has 3 rings (SSSR count). The second-order valence-electron chi connectivity index (χ2n) is 4.52. The van der Waals surface area contributed by atoms with E-state index >= 15 is 0 Å². The van der Waals surface area contributed by atoms with Crippen LogP contribution in [0.25, 0.3) is 0 Å². The lowest BCUT2D eigenvalue weighted by atomic mass is 9.99. The molecule has 0 radical (unpaired) electrons. The average molecular weight is 243 g/mol. The van der Waals surface area contributed by atoms with Crippen LogP contribution < -0.4 is 0 Å². The molecule has 92 valence electrons. The van der Waals surface area contributed by atoms with E-state index in [2.05, 4.69) is 10.2 Å². The third-order valence-corrected chi connectivity index (χ3v) is 3.36. The van der Waals surface area contributed by atoms with Crippen LogP contribution in [0, 0.1) is 6.92 Å². The minimum atomic E-state index is -0.182. The van der Waals surface area contributed by atoms with Crippen molar-refractivity contribution >= 4 is 5.91 Å². The molecule has 0 saturated carbocycles. The minimum Gasteiger partial charge on any atom is -0.508 e. The Bertz CT molecular complexity index is 633. The Kier molecular flexibility index (Phi) is 2.16. The van der Waals surface area contributed by atoms with Gasteiger partial charge in [-0.15, -0.1) is 0 Å². The standard InChI is InChI=1S/C13H13N3O2/c1-7-10-11(15-14-7)13(18)16(2)12(10)8-4-3-5-9(17)6-8/h3-6,12,17H,1-2H3,(H,14,15)/t12-/m0/s1. The van der Waals surface area contributed by atoms with Crippen LogP contribution in [0.1, 0.15) is 33.4 Å². The number of phenolic OH excluding ortho intramolecular Hbond substituents is 1. The average Bonchev–Trinajstić information content (AvgIpc) is 2.82. The summed E-state index contributed by atoms with van der Waals surface area (Å²) in [4.78, 5) is 13.7. The smallest absolute Gasteiger partial charge is 0.275 e. The Morgan fingerprint density at radius 1 is 1.44 bits per heavy atom. The number of nitrogens with one attached hydrogen (secondary N) is 1. The molecule has 2 aromatic rings. The summed E-state index contributed by atoms with van der Waals surface area (Å²) in [6, 6.07) is 6.78. The van der Waals surface area contributed by atoms with Crippen LogP contribution in [0.2, 0.25) is 0 Å². The Morgan fingerprint density at radius 3 is 2.94 bits per heavy atom. The van der Waals surface area contributed by atoms with Gasteiger partial charge in [-0.3, -0.25) is 9.89 Å². The SMILES string of the molecule is Cc1[nH]nc2c1[C@H](c1cccc(O)c1)N(C)C2=O. The van der Waals surface area contributed by atoms with Crippen molar-refractivity contribution in [2.75, 3.05) is 7.05 Å². The van der Waals surface area contributed by atoms with Crippen LogP contribution in [0.4, 0.5) is 0 Å². The van der Waals surface area contributed by atoms with Crippen LogP contribution >= 0.6 is 0 Å². The van der Waals surface area contributed by atoms with Crippen molar-refractivity contribution in [2.24, 2.45) is 0 Å². The van der Waals surface area contributed by atoms with Gasteiger partial charge in [-0.25, -0.2) is 0 Å². The van der Waals surface area contributed by atoms with Crippen molar-refractivity contribution in [2.45, 2.75) is 13.0 Å². The van der Waals surface area contributed by atoms with Gasteiger partial charge in [0.25, 0.3) is 5.91 Å². The van der Waals surface area contributed by atoms with E-state index in [0.717, 1.165) is 16.8 Å². The molecule has 0 unspecified atom stereocenters. The molecule has 0 spiro atoms. The topological polar surface area (TPSA) is 69.2 Å². The number of hydrogen-bond donors (Lipinski definition) is 2. The van der Waals surface area contributed by atoms with E-state index < -0.39 is 0 Å². The Labute approximate surface area is 104 Å². The fraction of sp³-hybridized carbons (Fsp3) is 0.231. The number of phenols is 1. The number of rotatable bonds is 1. The number of benzene rings is 1. The highest BCUT2D eigenvalue weighted by Crippen LogP contribution is 2.38. The van der Waals surface area contributed by atoms with E-state index in [9.17, 15) is 9.90 Å². The lowest BCUT2D eigenvalue weighted by Gasteiger charge is -2.21. The number of amides is 1. The van der Waals surface area contributed by atoms with Gasteiger partial charge in [-0.2, -0.15) is 5.10 Å². The fourth-order valence-electron chi connectivity index (χ4n) is 2.50. The number of aryl methyl sites for hydroxylation is 1. The third-order valence-electron chi connectivity index (χ3n) is 3.36. The zero-order valence-corrected chi connectivity index (χ0v) is 10.1. The number of nitrogens with zero attached hydrogens (tertiary/aromatic N) is 2. The summed E-state index contributed by atoms with van der Waals surface area (Å²) in [7, 11) is 1.75. The molecule has 1 aromatic carbocycles. The van der Waals surface area contributed by atoms with Gasteiger partial charge in [0.2, 0.25) is 0 Å². The highest BCUT2D eigenvalue weighted by Gasteiger charge is 2.39. The number of carbonyl (C=O) groups excluding carboxylic acids is 1. The van der Waals surface area contributed by atoms with E-state index in [1.807, 2.05) is 13.0 Å². The predicted molar refractivity (Wildman–Crippen MR) is 65.4 cm³/mol. The van der Waals surface area contributed by atoms with E-state index in [1.165, 1.54) is 0 Å². The van der Waals surface area contributed by atoms with Crippen molar-refractivity contribution in [3.05, 3.63) is 46.8 Å². The molecular formula is C13H13N3O2. The second-order valence-corrected chi connectivity index (χ2v) is 4.52. The maximum atomic E-state index is 12.1. The van der Waals surface area contributed by atoms with Gasteiger partial charge in [0.15, 0.2) is 5.69 Å². The number of aromatic amines is 1. The number of carbonyl (C=O) groups is 1. The first-order valence-corrected chi connectivity index (χ1v) is 5.70. The first kappa shape index (κ1) is 10.8. The zero-order chi connectivity index (χ0) is 12.9. The Hall–Kier alpha value is -2.30. The quantitative estimate of drug-likeness (QED) is 0.799. The molecule has 1 aromatic heterocycles. The number of aromatic nitrogens is 2. The summed E-state index contributed by atoms with van der Waals surface area (Å²) in [6.07, 6.45) is 0. The van der Waals surface area contributed by atoms with Crippen molar-refractivity contribution in [3.63, 3.8) is 0 Å². The van der Waals surface area contributed by atoms with Crippen molar-refractivity contribution in [1.82, 2.24) is 15.1 Å². The van der Waals surface area contributed by atoms with Crippen LogP contribution in [-0.4, -0.2) is 33.2 Å². The van der Waals surface area contributed by atoms with Gasteiger partial charge in [-0.1, -0.05) is 12.1 Å². The molecule has 0 saturated heterocycles. The first-order chi connectivity index (χ1) is 8.59. The van der Waals surface area contributed by atoms with Gasteiger partial charge < -0.3 is 10.0 Å². The summed E-state index contributed by atoms with van der Waals surface area (Å²) in [5, 5.41) is 16.5. The van der Waals surface area contributed by atoms with E-state index in [-0.39, 0.29) is 17.7 Å². The molecule has 18 heavy (non-hydrogen) atoms. The van der Waals surface area contributed by atoms with Gasteiger partial charge in [-0.05, 0) is 24.6 Å². The highest BCUT2D eigenvalue weighted by atomic mass is 16.3. The molecule has 1 aliphatic rings. The lowest BCUT2D eigenvalue weighted by Crippen LogP contribution is -2.24. The minimum absolute atomic E-state index is 0.0947. The normalized spacial score (nSPS) is 18.2. The van der Waals surface area contributed by atoms with Gasteiger partial charge in [0.05, 0.1) is 6.04 Å². The molecule has 0 aliphatic carbocycles. The Balaban J connectivity index is 2.18. The Morgan fingerprint density at radius 2 is 2.22 bits per heavy atom. The maximum absolute atomic E-state index is 12.1. The van der Waals surface area contributed by atoms with Crippen LogP contribution in [0.15, 0.2) is 24.3 Å². The van der Waals surface area contributed by atoms with Crippen LogP contribution in [0.3, 0.4) is 0 Å². The van der Waals surface area contributed by atoms with Crippen LogP contribution in [-0.2, 0) is 0 Å². The predicted octanol–water partition coefficient (Wildman–Crippen LogP) is 1.60. The molecular weight excluding hydrogens is 230 g/mol. The molecule has 2 N–H and O–H groups in total. The molecule has 1 amide bonds. The van der Waals surface area contributed by atoms with E-state index in [1.54, 1.807) is 30.1 Å². The molecule has 1 atom stereocenters. The maximum Gasteiger partial charge on any atom is 0.275 e. The molecule has 0 fully saturated rings. The molecule has 2 heterocycles. The zero-order valence-electron chi connectivity index (χ0n) is 10.1. The fourth-order valence-corrected chi connectivity index (χ4v) is 2.50. The number of aromatic hydroxyl groups is 1. The van der Waals surface area contributed by atoms with E-state index in [0.29, 0.717) is 5.69 Å². The van der Waals surface area contributed by atoms with Gasteiger partial charge in [0, 0.05) is 18.3 Å². The summed E-state index contributed by atoms with van der Waals surface area (Å²) >= 11 is 0. The largest absolute Gasteiger partial charge is 0.508 e. The molecule has 0 bridgehead atoms. The molecule has 5 heteroatoms. The lowest BCUT2D eigenvalue weighted by molar-refractivity contribution is 0.0787. The van der Waals surface area contributed by atoms with Gasteiger partial charge in [0.1, 0.15) is 5.75 Å². The monoisotopic (exact) mass is 243 g/mol. The summed E-state index contributed by atoms with van der Waals surface area (Å²) in [5.41, 5.74) is 3.14. The second kappa shape index (κ2) is 3.60. The number of H-pyrrole nitrogens is 1. The molecule has 5 nitrogen and oxygen atoms in total. The van der Waals surface area contributed by atoms with E-state index in [4.69, 9.17) is 0 Å². The highest BCUT2D eigenvalue weighted by molar-refractivity contribution is 5.98. The van der Waals surface area contributed by atoms with Crippen molar-refractivity contribution < 1.29 is 9.90 Å². The number of fused-ring (bicyclic) bond motifs is 1. The number of hydrogen-bond acceptors (Lipinski definition) is 3. The van der Waals surface area contributed by atoms with Crippen molar-refractivity contribution in [3.8, 4) is 5.75 Å². The summed E-state index contributed by atoms with van der Waals surface area (Å²) in [5.74, 6) is 0.102. The first-order valence-electron chi connectivity index (χ1n) is 5.70. The summed E-state index contributed by atoms with van der Waals surface area (Å²) in [6.45, 7) is 1.90. The summed E-state index contributed by atoms with van der Waals surface area (Å²) < 4.78 is 0. The van der Waals surface area contributed by atoms with Gasteiger partial charge >= 0.3 is 0 Å². The van der Waals surface area contributed by atoms with Crippen molar-refractivity contribution in [1.29, 1.82) is 0 Å². The molecule has 1 aliphatic heterocycles. The third kappa shape index (κ3) is 1.33. The van der Waals surface area contributed by atoms with Crippen LogP contribution in [0.5, 0.6) is 5.75 Å².